The highest BCUT2D eigenvalue weighted by atomic mass is 35.5. The molecule has 1 aliphatic rings. The summed E-state index contributed by atoms with van der Waals surface area (Å²) in [4.78, 5) is 39.5. The van der Waals surface area contributed by atoms with Crippen LogP contribution in [0.4, 0.5) is 8.78 Å². The Labute approximate surface area is 247 Å². The highest BCUT2D eigenvalue weighted by molar-refractivity contribution is 6.31. The molecule has 0 spiro atoms. The van der Waals surface area contributed by atoms with Gasteiger partial charge in [-0.2, -0.15) is 5.26 Å². The molecule has 0 saturated heterocycles. The maximum absolute atomic E-state index is 13.7. The third-order valence-electron chi connectivity index (χ3n) is 7.06. The van der Waals surface area contributed by atoms with Crippen molar-refractivity contribution in [1.82, 2.24) is 4.57 Å². The first-order valence-electron chi connectivity index (χ1n) is 13.4. The minimum absolute atomic E-state index is 0.0490. The van der Waals surface area contributed by atoms with Gasteiger partial charge in [0, 0.05) is 41.5 Å². The van der Waals surface area contributed by atoms with E-state index in [1.807, 2.05) is 0 Å². The minimum Gasteiger partial charge on any atom is -0.495 e. The average molecular weight is 597 g/mol. The van der Waals surface area contributed by atoms with Crippen molar-refractivity contribution in [3.63, 3.8) is 0 Å². The van der Waals surface area contributed by atoms with E-state index in [1.165, 1.54) is 30.0 Å². The van der Waals surface area contributed by atoms with E-state index in [-0.39, 0.29) is 42.8 Å². The molecule has 0 radical (unpaired) electrons. The van der Waals surface area contributed by atoms with Crippen LogP contribution < -0.4 is 10.3 Å². The molecule has 3 aromatic rings. The Kier molecular flexibility index (Phi) is 8.88. The quantitative estimate of drug-likeness (QED) is 0.252. The number of carbonyl (C=O) groups is 2. The van der Waals surface area contributed by atoms with Crippen molar-refractivity contribution in [2.24, 2.45) is 5.92 Å². The molecule has 2 aromatic carbocycles. The van der Waals surface area contributed by atoms with Crippen molar-refractivity contribution in [3.8, 4) is 22.9 Å². The first-order chi connectivity index (χ1) is 19.7. The summed E-state index contributed by atoms with van der Waals surface area (Å²) < 4.78 is 39.5. The van der Waals surface area contributed by atoms with Crippen LogP contribution in [0.15, 0.2) is 59.5 Å². The van der Waals surface area contributed by atoms with Crippen molar-refractivity contribution in [3.05, 3.63) is 86.8 Å². The monoisotopic (exact) mass is 596 g/mol. The molecule has 7 nitrogen and oxygen atoms in total. The smallest absolute Gasteiger partial charge is 0.338 e. The van der Waals surface area contributed by atoms with E-state index in [2.05, 4.69) is 6.07 Å². The zero-order valence-electron chi connectivity index (χ0n) is 23.7. The Balaban J connectivity index is 1.67. The molecule has 0 N–H and O–H groups in total. The Morgan fingerprint density at radius 1 is 1.12 bits per heavy atom. The number of hydrogen-bond acceptors (Lipinski definition) is 6. The van der Waals surface area contributed by atoms with Crippen molar-refractivity contribution in [1.29, 1.82) is 5.26 Å². The van der Waals surface area contributed by atoms with Crippen LogP contribution in [0.1, 0.15) is 67.6 Å². The zero-order chi connectivity index (χ0) is 30.8. The normalized spacial score (nSPS) is 15.3. The number of ether oxygens (including phenoxy) is 2. The number of pyridine rings is 1. The number of alkyl halides is 2. The van der Waals surface area contributed by atoms with Gasteiger partial charge in [0.05, 0.1) is 36.5 Å². The molecule has 1 atom stereocenters. The van der Waals surface area contributed by atoms with Crippen molar-refractivity contribution in [2.45, 2.75) is 64.0 Å². The second-order valence-corrected chi connectivity index (χ2v) is 12.0. The van der Waals surface area contributed by atoms with Gasteiger partial charge in [0.1, 0.15) is 11.4 Å². The van der Waals surface area contributed by atoms with Gasteiger partial charge in [-0.25, -0.2) is 13.6 Å². The lowest BCUT2D eigenvalue weighted by atomic mass is 9.76. The molecule has 42 heavy (non-hydrogen) atoms. The molecule has 1 saturated carbocycles. The van der Waals surface area contributed by atoms with E-state index < -0.39 is 35.0 Å². The second-order valence-electron chi connectivity index (χ2n) is 11.5. The first kappa shape index (κ1) is 30.9. The third kappa shape index (κ3) is 7.24. The van der Waals surface area contributed by atoms with Crippen LogP contribution in [-0.2, 0) is 16.0 Å². The lowest BCUT2D eigenvalue weighted by molar-refractivity contribution is -0.129. The maximum Gasteiger partial charge on any atom is 0.338 e. The number of carbonyl (C=O) groups excluding carboxylic acids is 2. The number of benzene rings is 2. The third-order valence-corrected chi connectivity index (χ3v) is 7.30. The first-order valence-corrected chi connectivity index (χ1v) is 13.8. The van der Waals surface area contributed by atoms with Gasteiger partial charge in [0.15, 0.2) is 5.78 Å². The minimum atomic E-state index is -2.79. The number of halogens is 3. The zero-order valence-corrected chi connectivity index (χ0v) is 24.5. The molecule has 1 unspecified atom stereocenters. The van der Waals surface area contributed by atoms with Crippen LogP contribution in [0, 0.1) is 17.2 Å². The van der Waals surface area contributed by atoms with Crippen LogP contribution in [0.5, 0.6) is 5.75 Å². The number of esters is 1. The number of aromatic nitrogens is 1. The molecule has 10 heteroatoms. The standard InChI is InChI=1S/C32H31ClF2N2O5/c1-31(2,3)42-30(40)21-7-5-19(6-8-21)12-27(38)26(11-20-15-32(34,35)16-20)37-18-28(41-4)25(14-29(37)39)24-13-23(33)10-9-22(24)17-36/h5-10,13-14,18,20,26H,11-12,15-16H2,1-4H3. The summed E-state index contributed by atoms with van der Waals surface area (Å²) in [5.74, 6) is -3.87. The highest BCUT2D eigenvalue weighted by Gasteiger charge is 2.46. The van der Waals surface area contributed by atoms with Crippen LogP contribution >= 0.6 is 11.6 Å². The van der Waals surface area contributed by atoms with E-state index >= 15 is 0 Å². The van der Waals surface area contributed by atoms with Gasteiger partial charge in [-0.1, -0.05) is 23.7 Å². The SMILES string of the molecule is COc1cn(C(CC2CC(F)(F)C2)C(=O)Cc2ccc(C(=O)OC(C)(C)C)cc2)c(=O)cc1-c1cc(Cl)ccc1C#N. The lowest BCUT2D eigenvalue weighted by Gasteiger charge is -2.37. The molecule has 0 amide bonds. The summed E-state index contributed by atoms with van der Waals surface area (Å²) in [6.45, 7) is 5.28. The summed E-state index contributed by atoms with van der Waals surface area (Å²) in [5, 5.41) is 9.94. The van der Waals surface area contributed by atoms with Gasteiger partial charge in [0.25, 0.3) is 5.56 Å². The van der Waals surface area contributed by atoms with Gasteiger partial charge in [-0.05, 0) is 69.0 Å². The number of rotatable bonds is 9. The van der Waals surface area contributed by atoms with E-state index in [0.29, 0.717) is 27.3 Å². The largest absolute Gasteiger partial charge is 0.495 e. The van der Waals surface area contributed by atoms with Gasteiger partial charge in [-0.3, -0.25) is 9.59 Å². The average Bonchev–Trinajstić information content (AvgIpc) is 2.90. The van der Waals surface area contributed by atoms with Crippen LogP contribution in [0.2, 0.25) is 5.02 Å². The van der Waals surface area contributed by atoms with E-state index in [0.717, 1.165) is 0 Å². The molecule has 1 fully saturated rings. The number of methoxy groups -OCH3 is 1. The number of Topliss-reactive ketones (excluding diaryl/α,β-unsaturated/α-hetero) is 1. The molecule has 1 aromatic heterocycles. The molecule has 1 heterocycles. The molecular formula is C32H31ClF2N2O5. The van der Waals surface area contributed by atoms with Gasteiger partial charge < -0.3 is 14.0 Å². The summed E-state index contributed by atoms with van der Waals surface area (Å²) >= 11 is 6.15. The molecule has 1 aliphatic carbocycles. The second kappa shape index (κ2) is 12.1. The Bertz CT molecular complexity index is 1600. The predicted octanol–water partition coefficient (Wildman–Crippen LogP) is 6.79. The van der Waals surface area contributed by atoms with Gasteiger partial charge in [0.2, 0.25) is 5.92 Å². The molecule has 4 rings (SSSR count). The molecule has 220 valence electrons. The van der Waals surface area contributed by atoms with Gasteiger partial charge >= 0.3 is 5.97 Å². The summed E-state index contributed by atoms with van der Waals surface area (Å²) in [7, 11) is 1.39. The topological polar surface area (TPSA) is 98.4 Å². The maximum atomic E-state index is 13.7. The fourth-order valence-electron chi connectivity index (χ4n) is 5.06. The molecular weight excluding hydrogens is 566 g/mol. The highest BCUT2D eigenvalue weighted by Crippen LogP contribution is 2.46. The van der Waals surface area contributed by atoms with Crippen molar-refractivity contribution >= 4 is 23.4 Å². The summed E-state index contributed by atoms with van der Waals surface area (Å²) in [5.41, 5.74) is 0.668. The predicted molar refractivity (Wildman–Crippen MR) is 154 cm³/mol. The Morgan fingerprint density at radius 2 is 1.79 bits per heavy atom. The Morgan fingerprint density at radius 3 is 2.36 bits per heavy atom. The molecule has 0 aliphatic heterocycles. The number of ketones is 1. The van der Waals surface area contributed by atoms with Crippen LogP contribution in [0.3, 0.4) is 0 Å². The number of nitriles is 1. The van der Waals surface area contributed by atoms with Crippen molar-refractivity contribution in [2.75, 3.05) is 7.11 Å². The van der Waals surface area contributed by atoms with E-state index in [4.69, 9.17) is 21.1 Å². The van der Waals surface area contributed by atoms with Crippen LogP contribution in [0.25, 0.3) is 11.1 Å². The van der Waals surface area contributed by atoms with Crippen molar-refractivity contribution < 1.29 is 27.8 Å². The van der Waals surface area contributed by atoms with E-state index in [1.54, 1.807) is 57.2 Å². The van der Waals surface area contributed by atoms with E-state index in [9.17, 15) is 28.4 Å². The fraction of sp³-hybridized carbons (Fsp3) is 0.375. The molecule has 0 bridgehead atoms. The Hall–Kier alpha value is -4.03. The number of hydrogen-bond donors (Lipinski definition) is 0. The lowest BCUT2D eigenvalue weighted by Crippen LogP contribution is -2.39. The fourth-order valence-corrected chi connectivity index (χ4v) is 5.24. The summed E-state index contributed by atoms with van der Waals surface area (Å²) in [6, 6.07) is 13.3. The number of nitrogens with zero attached hydrogens (tertiary/aromatic N) is 2. The summed E-state index contributed by atoms with van der Waals surface area (Å²) in [6.07, 6.45) is 0.614. The van der Waals surface area contributed by atoms with Gasteiger partial charge in [-0.15, -0.1) is 0 Å². The van der Waals surface area contributed by atoms with Crippen LogP contribution in [-0.4, -0.2) is 35.0 Å².